The van der Waals surface area contributed by atoms with Gasteiger partial charge in [-0.05, 0) is 55.8 Å². The van der Waals surface area contributed by atoms with Crippen LogP contribution >= 0.6 is 0 Å². The van der Waals surface area contributed by atoms with E-state index in [1.54, 1.807) is 43.3 Å². The summed E-state index contributed by atoms with van der Waals surface area (Å²) in [7, 11) is 4.38. The lowest BCUT2D eigenvalue weighted by atomic mass is 9.94. The summed E-state index contributed by atoms with van der Waals surface area (Å²) in [6.07, 6.45) is 0. The summed E-state index contributed by atoms with van der Waals surface area (Å²) in [5, 5.41) is 15.2. The van der Waals surface area contributed by atoms with Crippen molar-refractivity contribution in [1.82, 2.24) is 5.16 Å². The van der Waals surface area contributed by atoms with Gasteiger partial charge in [0.1, 0.15) is 17.3 Å². The van der Waals surface area contributed by atoms with Crippen molar-refractivity contribution < 1.29 is 38.2 Å². The van der Waals surface area contributed by atoms with Crippen molar-refractivity contribution in [2.75, 3.05) is 32.8 Å². The van der Waals surface area contributed by atoms with Crippen LogP contribution in [0, 0.1) is 6.92 Å². The van der Waals surface area contributed by atoms with E-state index in [0.717, 1.165) is 0 Å². The van der Waals surface area contributed by atoms with Gasteiger partial charge in [-0.15, -0.1) is 0 Å². The van der Waals surface area contributed by atoms with Crippen molar-refractivity contribution >= 4 is 23.3 Å². The molecule has 1 N–H and O–H groups in total. The fourth-order valence-electron chi connectivity index (χ4n) is 4.14. The van der Waals surface area contributed by atoms with Crippen molar-refractivity contribution in [3.8, 4) is 23.0 Å². The molecule has 10 nitrogen and oxygen atoms in total. The number of carbonyl (C=O) groups excluding carboxylic acids is 2. The Kier molecular flexibility index (Phi) is 6.86. The monoisotopic (exact) mass is 494 g/mol. The lowest BCUT2D eigenvalue weighted by Crippen LogP contribution is -2.29. The third kappa shape index (κ3) is 4.21. The van der Waals surface area contributed by atoms with Crippen LogP contribution in [-0.4, -0.2) is 49.9 Å². The van der Waals surface area contributed by atoms with E-state index in [1.165, 1.54) is 32.3 Å². The molecule has 0 radical (unpaired) electrons. The van der Waals surface area contributed by atoms with Gasteiger partial charge in [-0.25, -0.2) is 0 Å². The fraction of sp³-hybridized carbons (Fsp3) is 0.269. The van der Waals surface area contributed by atoms with Gasteiger partial charge >= 0.3 is 5.91 Å². The standard InChI is InChI=1S/C26H26N2O8/c1-6-35-17-9-7-15(8-10-17)23(29)21-22(16-12-18(32-3)25(34-5)19(13-16)33-4)28(26(31)24(21)30)20-11-14(2)36-27-20/h7-13,22,29H,6H2,1-5H3. The quantitative estimate of drug-likeness (QED) is 0.281. The average Bonchev–Trinajstić information content (AvgIpc) is 3.43. The summed E-state index contributed by atoms with van der Waals surface area (Å²) in [6, 6.07) is 10.3. The largest absolute Gasteiger partial charge is 0.507 e. The second-order valence-corrected chi connectivity index (χ2v) is 7.88. The summed E-state index contributed by atoms with van der Waals surface area (Å²) in [5.41, 5.74) is 0.640. The zero-order chi connectivity index (χ0) is 26.0. The van der Waals surface area contributed by atoms with Gasteiger partial charge in [0, 0.05) is 11.6 Å². The third-order valence-corrected chi connectivity index (χ3v) is 5.75. The molecule has 1 saturated heterocycles. The molecule has 0 spiro atoms. The average molecular weight is 495 g/mol. The Morgan fingerprint density at radius 1 is 1.03 bits per heavy atom. The molecule has 1 aliphatic heterocycles. The Hall–Kier alpha value is -4.47. The minimum absolute atomic E-state index is 0.124. The Labute approximate surface area is 207 Å². The van der Waals surface area contributed by atoms with Crippen molar-refractivity contribution in [1.29, 1.82) is 0 Å². The van der Waals surface area contributed by atoms with Crippen molar-refractivity contribution in [2.45, 2.75) is 19.9 Å². The van der Waals surface area contributed by atoms with Crippen molar-refractivity contribution in [3.63, 3.8) is 0 Å². The lowest BCUT2D eigenvalue weighted by molar-refractivity contribution is -0.132. The maximum Gasteiger partial charge on any atom is 0.301 e. The number of carbonyl (C=O) groups is 2. The first-order chi connectivity index (χ1) is 17.3. The van der Waals surface area contributed by atoms with E-state index in [0.29, 0.717) is 46.5 Å². The fourth-order valence-corrected chi connectivity index (χ4v) is 4.14. The number of ether oxygens (including phenoxy) is 4. The van der Waals surface area contributed by atoms with Crippen LogP contribution in [0.2, 0.25) is 0 Å². The minimum Gasteiger partial charge on any atom is -0.507 e. The number of aromatic nitrogens is 1. The van der Waals surface area contributed by atoms with Gasteiger partial charge in [0.25, 0.3) is 5.78 Å². The van der Waals surface area contributed by atoms with Crippen LogP contribution in [0.15, 0.2) is 52.6 Å². The van der Waals surface area contributed by atoms with Crippen LogP contribution in [0.25, 0.3) is 5.76 Å². The smallest absolute Gasteiger partial charge is 0.301 e. The molecule has 3 aromatic rings. The molecule has 10 heteroatoms. The van der Waals surface area contributed by atoms with E-state index in [2.05, 4.69) is 5.16 Å². The molecule has 0 aliphatic carbocycles. The summed E-state index contributed by atoms with van der Waals surface area (Å²) >= 11 is 0. The molecule has 36 heavy (non-hydrogen) atoms. The predicted molar refractivity (Wildman–Crippen MR) is 130 cm³/mol. The van der Waals surface area contributed by atoms with Crippen LogP contribution in [0.3, 0.4) is 0 Å². The maximum atomic E-state index is 13.3. The number of rotatable bonds is 8. The molecule has 188 valence electrons. The van der Waals surface area contributed by atoms with E-state index >= 15 is 0 Å². The van der Waals surface area contributed by atoms with Crippen molar-refractivity contribution in [2.24, 2.45) is 0 Å². The second-order valence-electron chi connectivity index (χ2n) is 7.88. The second kappa shape index (κ2) is 10.0. The first kappa shape index (κ1) is 24.6. The van der Waals surface area contributed by atoms with E-state index in [1.807, 2.05) is 6.92 Å². The lowest BCUT2D eigenvalue weighted by Gasteiger charge is -2.24. The molecule has 2 aromatic carbocycles. The summed E-state index contributed by atoms with van der Waals surface area (Å²) in [5.74, 6) is 0.0530. The number of nitrogens with zero attached hydrogens (tertiary/aromatic N) is 2. The van der Waals surface area contributed by atoms with Crippen LogP contribution in [-0.2, 0) is 9.59 Å². The van der Waals surface area contributed by atoms with Gasteiger partial charge in [0.05, 0.1) is 39.6 Å². The molecule has 1 aromatic heterocycles. The Morgan fingerprint density at radius 2 is 1.67 bits per heavy atom. The van der Waals surface area contributed by atoms with Crippen LogP contribution in [0.5, 0.6) is 23.0 Å². The van der Waals surface area contributed by atoms with Gasteiger partial charge in [-0.3, -0.25) is 14.5 Å². The number of anilines is 1. The van der Waals surface area contributed by atoms with E-state index in [4.69, 9.17) is 23.5 Å². The molecule has 1 amide bonds. The number of amides is 1. The highest BCUT2D eigenvalue weighted by atomic mass is 16.5. The van der Waals surface area contributed by atoms with Crippen LogP contribution < -0.4 is 23.8 Å². The van der Waals surface area contributed by atoms with Crippen LogP contribution in [0.4, 0.5) is 5.82 Å². The molecule has 1 unspecified atom stereocenters. The van der Waals surface area contributed by atoms with Gasteiger partial charge in [-0.1, -0.05) is 5.16 Å². The number of benzene rings is 2. The topological polar surface area (TPSA) is 121 Å². The highest BCUT2D eigenvalue weighted by Crippen LogP contribution is 2.47. The highest BCUT2D eigenvalue weighted by Gasteiger charge is 2.48. The highest BCUT2D eigenvalue weighted by molar-refractivity contribution is 6.51. The molecule has 2 heterocycles. The maximum absolute atomic E-state index is 13.3. The zero-order valence-corrected chi connectivity index (χ0v) is 20.5. The van der Waals surface area contributed by atoms with Gasteiger partial charge in [0.2, 0.25) is 5.75 Å². The minimum atomic E-state index is -1.06. The Morgan fingerprint density at radius 3 is 2.17 bits per heavy atom. The molecule has 0 saturated carbocycles. The number of hydrogen-bond donors (Lipinski definition) is 1. The molecule has 0 bridgehead atoms. The molecule has 4 rings (SSSR count). The van der Waals surface area contributed by atoms with Crippen LogP contribution in [0.1, 0.15) is 29.9 Å². The molecular weight excluding hydrogens is 468 g/mol. The number of methoxy groups -OCH3 is 3. The predicted octanol–water partition coefficient (Wildman–Crippen LogP) is 4.03. The number of ketones is 1. The van der Waals surface area contributed by atoms with E-state index in [9.17, 15) is 14.7 Å². The molecule has 1 fully saturated rings. The normalized spacial score (nSPS) is 16.8. The summed E-state index contributed by atoms with van der Waals surface area (Å²) in [6.45, 7) is 4.01. The Bertz CT molecular complexity index is 1300. The molecule has 1 atom stereocenters. The summed E-state index contributed by atoms with van der Waals surface area (Å²) < 4.78 is 27.0. The first-order valence-electron chi connectivity index (χ1n) is 11.1. The van der Waals surface area contributed by atoms with Gasteiger partial charge in [0.15, 0.2) is 17.3 Å². The third-order valence-electron chi connectivity index (χ3n) is 5.75. The van der Waals surface area contributed by atoms with Gasteiger partial charge < -0.3 is 28.6 Å². The summed E-state index contributed by atoms with van der Waals surface area (Å²) in [4.78, 5) is 27.8. The number of Topliss-reactive ketones (excluding diaryl/α,β-unsaturated/α-hetero) is 1. The number of aliphatic hydroxyl groups excluding tert-OH is 1. The zero-order valence-electron chi connectivity index (χ0n) is 20.5. The van der Waals surface area contributed by atoms with E-state index < -0.39 is 17.7 Å². The number of aryl methyl sites for hydroxylation is 1. The first-order valence-corrected chi connectivity index (χ1v) is 11.1. The number of hydrogen-bond acceptors (Lipinski definition) is 9. The van der Waals surface area contributed by atoms with Crippen molar-refractivity contribution in [3.05, 3.63) is 64.9 Å². The number of aliphatic hydroxyl groups is 1. The Balaban J connectivity index is 1.96. The molecular formula is C26H26N2O8. The SMILES string of the molecule is CCOc1ccc(C(O)=C2C(=O)C(=O)N(c3cc(C)on3)C2c2cc(OC)c(OC)c(OC)c2)cc1. The van der Waals surface area contributed by atoms with Gasteiger partial charge in [-0.2, -0.15) is 0 Å². The molecule has 1 aliphatic rings. The van der Waals surface area contributed by atoms with E-state index in [-0.39, 0.29) is 17.2 Å².